The van der Waals surface area contributed by atoms with Crippen molar-refractivity contribution in [1.82, 2.24) is 9.36 Å². The minimum Gasteiger partial charge on any atom is -0.270 e. The summed E-state index contributed by atoms with van der Waals surface area (Å²) in [5.74, 6) is 0. The van der Waals surface area contributed by atoms with Crippen LogP contribution in [-0.4, -0.2) is 9.36 Å². The van der Waals surface area contributed by atoms with Gasteiger partial charge in [-0.25, -0.2) is 0 Å². The standard InChI is InChI=1S/C15H14N2S/c1-2-16-15(18)13-10-6-7-11-14(13)17(16)12-8-4-3-5-9-12/h3-11H,2H2,1H3. The molecule has 0 spiro atoms. The van der Waals surface area contributed by atoms with Gasteiger partial charge in [-0.1, -0.05) is 42.5 Å². The molecule has 2 aromatic carbocycles. The SMILES string of the molecule is CCn1c(=S)c2ccccc2n1-c1ccccc1. The lowest BCUT2D eigenvalue weighted by Crippen LogP contribution is -2.09. The number of fused-ring (bicyclic) bond motifs is 1. The predicted molar refractivity (Wildman–Crippen MR) is 77.8 cm³/mol. The number of nitrogens with zero attached hydrogens (tertiary/aromatic N) is 2. The van der Waals surface area contributed by atoms with Crippen LogP contribution in [0.5, 0.6) is 0 Å². The van der Waals surface area contributed by atoms with Gasteiger partial charge in [0.05, 0.1) is 11.2 Å². The number of rotatable bonds is 2. The highest BCUT2D eigenvalue weighted by Crippen LogP contribution is 2.22. The summed E-state index contributed by atoms with van der Waals surface area (Å²) in [7, 11) is 0. The first kappa shape index (κ1) is 11.2. The molecular weight excluding hydrogens is 240 g/mol. The number of hydrogen-bond donors (Lipinski definition) is 0. The van der Waals surface area contributed by atoms with Gasteiger partial charge in [0.1, 0.15) is 4.64 Å². The zero-order valence-electron chi connectivity index (χ0n) is 10.2. The number of aromatic nitrogens is 2. The second-order valence-corrected chi connectivity index (χ2v) is 4.57. The van der Waals surface area contributed by atoms with Crippen molar-refractivity contribution in [1.29, 1.82) is 0 Å². The molecule has 3 heteroatoms. The van der Waals surface area contributed by atoms with E-state index in [4.69, 9.17) is 12.2 Å². The third kappa shape index (κ3) is 1.59. The third-order valence-corrected chi connectivity index (χ3v) is 3.57. The van der Waals surface area contributed by atoms with E-state index in [1.54, 1.807) is 0 Å². The maximum atomic E-state index is 5.56. The molecule has 18 heavy (non-hydrogen) atoms. The Kier molecular flexibility index (Phi) is 2.76. The maximum absolute atomic E-state index is 5.56. The molecule has 0 fully saturated rings. The Morgan fingerprint density at radius 1 is 0.944 bits per heavy atom. The molecule has 0 bridgehead atoms. The van der Waals surface area contributed by atoms with Crippen molar-refractivity contribution in [2.75, 3.05) is 0 Å². The number of para-hydroxylation sites is 2. The van der Waals surface area contributed by atoms with Gasteiger partial charge >= 0.3 is 0 Å². The molecule has 0 aliphatic rings. The van der Waals surface area contributed by atoms with Gasteiger partial charge in [0.25, 0.3) is 0 Å². The van der Waals surface area contributed by atoms with Gasteiger partial charge < -0.3 is 0 Å². The van der Waals surface area contributed by atoms with E-state index in [0.717, 1.165) is 27.8 Å². The van der Waals surface area contributed by atoms with E-state index >= 15 is 0 Å². The van der Waals surface area contributed by atoms with Crippen molar-refractivity contribution < 1.29 is 0 Å². The molecule has 3 aromatic rings. The highest BCUT2D eigenvalue weighted by atomic mass is 32.1. The Bertz CT molecular complexity index is 738. The summed E-state index contributed by atoms with van der Waals surface area (Å²) in [6.45, 7) is 2.98. The molecule has 3 rings (SSSR count). The van der Waals surface area contributed by atoms with Crippen LogP contribution in [0.15, 0.2) is 54.6 Å². The van der Waals surface area contributed by atoms with E-state index < -0.39 is 0 Å². The van der Waals surface area contributed by atoms with Gasteiger partial charge in [-0.2, -0.15) is 0 Å². The minimum atomic E-state index is 0.863. The Hall–Kier alpha value is -1.87. The van der Waals surface area contributed by atoms with E-state index in [1.807, 2.05) is 24.3 Å². The van der Waals surface area contributed by atoms with Crippen molar-refractivity contribution in [3.63, 3.8) is 0 Å². The fourth-order valence-corrected chi connectivity index (χ4v) is 2.72. The first-order valence-corrected chi connectivity index (χ1v) is 6.49. The molecule has 0 aliphatic heterocycles. The van der Waals surface area contributed by atoms with Crippen LogP contribution in [0, 0.1) is 4.64 Å². The van der Waals surface area contributed by atoms with Crippen molar-refractivity contribution in [2.24, 2.45) is 0 Å². The average molecular weight is 254 g/mol. The summed E-state index contributed by atoms with van der Waals surface area (Å²) in [6, 6.07) is 18.6. The lowest BCUT2D eigenvalue weighted by atomic mass is 10.2. The summed E-state index contributed by atoms with van der Waals surface area (Å²) < 4.78 is 5.23. The summed E-state index contributed by atoms with van der Waals surface area (Å²) in [6.07, 6.45) is 0. The van der Waals surface area contributed by atoms with Crippen LogP contribution in [0.3, 0.4) is 0 Å². The lowest BCUT2D eigenvalue weighted by molar-refractivity contribution is 0.589. The second-order valence-electron chi connectivity index (χ2n) is 4.19. The summed E-state index contributed by atoms with van der Waals surface area (Å²) in [4.78, 5) is 0. The van der Waals surface area contributed by atoms with Crippen molar-refractivity contribution in [2.45, 2.75) is 13.5 Å². The molecule has 1 aromatic heterocycles. The van der Waals surface area contributed by atoms with Crippen LogP contribution in [0.1, 0.15) is 6.92 Å². The molecule has 0 atom stereocenters. The first-order valence-electron chi connectivity index (χ1n) is 6.09. The maximum Gasteiger partial charge on any atom is 0.130 e. The predicted octanol–water partition coefficient (Wildman–Crippen LogP) is 4.18. The van der Waals surface area contributed by atoms with Gasteiger partial charge in [0, 0.05) is 11.9 Å². The van der Waals surface area contributed by atoms with Crippen molar-refractivity contribution in [3.8, 4) is 5.69 Å². The van der Waals surface area contributed by atoms with Crippen LogP contribution in [0.4, 0.5) is 0 Å². The molecule has 2 nitrogen and oxygen atoms in total. The largest absolute Gasteiger partial charge is 0.270 e. The number of hydrogen-bond acceptors (Lipinski definition) is 1. The Labute approximate surface area is 111 Å². The molecular formula is C15H14N2S. The minimum absolute atomic E-state index is 0.863. The van der Waals surface area contributed by atoms with Gasteiger partial charge in [-0.15, -0.1) is 0 Å². The molecule has 0 amide bonds. The van der Waals surface area contributed by atoms with Gasteiger partial charge in [0.2, 0.25) is 0 Å². The summed E-state index contributed by atoms with van der Waals surface area (Å²) >= 11 is 5.56. The topological polar surface area (TPSA) is 9.86 Å². The Balaban J connectivity index is 2.45. The molecule has 0 saturated heterocycles. The van der Waals surface area contributed by atoms with Crippen LogP contribution in [-0.2, 0) is 6.54 Å². The smallest absolute Gasteiger partial charge is 0.130 e. The normalized spacial score (nSPS) is 10.9. The van der Waals surface area contributed by atoms with Crippen LogP contribution in [0.2, 0.25) is 0 Å². The second kappa shape index (κ2) is 4.42. The van der Waals surface area contributed by atoms with E-state index in [9.17, 15) is 0 Å². The van der Waals surface area contributed by atoms with Gasteiger partial charge in [-0.05, 0) is 31.2 Å². The quantitative estimate of drug-likeness (QED) is 0.624. The van der Waals surface area contributed by atoms with E-state index in [2.05, 4.69) is 46.6 Å². The summed E-state index contributed by atoms with van der Waals surface area (Å²) in [5, 5.41) is 1.14. The van der Waals surface area contributed by atoms with Crippen LogP contribution < -0.4 is 0 Å². The van der Waals surface area contributed by atoms with E-state index in [-0.39, 0.29) is 0 Å². The molecule has 0 radical (unpaired) electrons. The zero-order chi connectivity index (χ0) is 12.5. The fraction of sp³-hybridized carbons (Fsp3) is 0.133. The van der Waals surface area contributed by atoms with Gasteiger partial charge in [-0.3, -0.25) is 9.36 Å². The highest BCUT2D eigenvalue weighted by Gasteiger charge is 2.09. The average Bonchev–Trinajstić information content (AvgIpc) is 2.73. The first-order chi connectivity index (χ1) is 8.83. The lowest BCUT2D eigenvalue weighted by Gasteiger charge is -2.11. The van der Waals surface area contributed by atoms with Crippen molar-refractivity contribution >= 4 is 23.1 Å². The molecule has 0 saturated carbocycles. The molecule has 90 valence electrons. The third-order valence-electron chi connectivity index (χ3n) is 3.14. The van der Waals surface area contributed by atoms with Crippen LogP contribution in [0.25, 0.3) is 16.6 Å². The van der Waals surface area contributed by atoms with E-state index in [0.29, 0.717) is 0 Å². The molecule has 0 N–H and O–H groups in total. The Morgan fingerprint density at radius 2 is 1.61 bits per heavy atom. The Morgan fingerprint density at radius 3 is 2.33 bits per heavy atom. The molecule has 1 heterocycles. The summed E-state index contributed by atoms with van der Waals surface area (Å²) in [5.41, 5.74) is 2.31. The van der Waals surface area contributed by atoms with Gasteiger partial charge in [0.15, 0.2) is 0 Å². The fourth-order valence-electron chi connectivity index (χ4n) is 2.33. The monoisotopic (exact) mass is 254 g/mol. The molecule has 0 aliphatic carbocycles. The van der Waals surface area contributed by atoms with Crippen molar-refractivity contribution in [3.05, 3.63) is 59.2 Å². The zero-order valence-corrected chi connectivity index (χ0v) is 11.0. The number of benzene rings is 2. The van der Waals surface area contributed by atoms with Crippen LogP contribution >= 0.6 is 12.2 Å². The highest BCUT2D eigenvalue weighted by molar-refractivity contribution is 7.71. The van der Waals surface area contributed by atoms with E-state index in [1.165, 1.54) is 0 Å². The molecule has 0 unspecified atom stereocenters.